The third-order valence-corrected chi connectivity index (χ3v) is 3.04. The molecule has 0 radical (unpaired) electrons. The molecule has 0 spiro atoms. The molecule has 0 saturated carbocycles. The van der Waals surface area contributed by atoms with Crippen LogP contribution in [0.2, 0.25) is 0 Å². The number of nitrogens with two attached hydrogens (primary N) is 1. The summed E-state index contributed by atoms with van der Waals surface area (Å²) < 4.78 is 1.93. The third kappa shape index (κ3) is 3.36. The first kappa shape index (κ1) is 13.6. The zero-order chi connectivity index (χ0) is 13.7. The van der Waals surface area contributed by atoms with Crippen molar-refractivity contribution in [2.45, 2.75) is 39.3 Å². The fourth-order valence-electron chi connectivity index (χ4n) is 2.08. The fraction of sp³-hybridized carbons (Fsp3) is 0.462. The lowest BCUT2D eigenvalue weighted by atomic mass is 10.0. The summed E-state index contributed by atoms with van der Waals surface area (Å²) in [5.41, 5.74) is 4.94. The second-order valence-electron chi connectivity index (χ2n) is 4.55. The topological polar surface area (TPSA) is 81.7 Å². The molecule has 2 aromatic rings. The number of aromatic nitrogens is 4. The smallest absolute Gasteiger partial charge is 0.138 e. The van der Waals surface area contributed by atoms with Crippen molar-refractivity contribution < 1.29 is 0 Å². The van der Waals surface area contributed by atoms with Gasteiger partial charge in [-0.05, 0) is 31.0 Å². The first-order valence-electron chi connectivity index (χ1n) is 6.50. The molecule has 102 valence electrons. The lowest BCUT2D eigenvalue weighted by molar-refractivity contribution is 0.498. The molecule has 6 nitrogen and oxygen atoms in total. The minimum absolute atomic E-state index is 0.0153. The van der Waals surface area contributed by atoms with Crippen LogP contribution in [0.3, 0.4) is 0 Å². The molecule has 0 fully saturated rings. The van der Waals surface area contributed by atoms with Gasteiger partial charge in [0.1, 0.15) is 12.2 Å². The van der Waals surface area contributed by atoms with Gasteiger partial charge in [-0.25, -0.2) is 4.98 Å². The number of hydrogen-bond donors (Lipinski definition) is 2. The zero-order valence-electron chi connectivity index (χ0n) is 11.4. The number of aryl methyl sites for hydroxylation is 2. The van der Waals surface area contributed by atoms with Gasteiger partial charge in [-0.15, -0.1) is 0 Å². The van der Waals surface area contributed by atoms with E-state index in [2.05, 4.69) is 27.4 Å². The van der Waals surface area contributed by atoms with Gasteiger partial charge < -0.3 is 0 Å². The molecule has 2 aromatic heterocycles. The Labute approximate surface area is 113 Å². The highest BCUT2D eigenvalue weighted by Gasteiger charge is 2.14. The van der Waals surface area contributed by atoms with E-state index in [1.165, 1.54) is 0 Å². The van der Waals surface area contributed by atoms with E-state index in [0.717, 1.165) is 30.0 Å². The summed E-state index contributed by atoms with van der Waals surface area (Å²) in [6.07, 6.45) is 5.13. The van der Waals surface area contributed by atoms with Gasteiger partial charge in [0, 0.05) is 24.9 Å². The molecule has 6 heteroatoms. The van der Waals surface area contributed by atoms with Gasteiger partial charge in [-0.2, -0.15) is 5.10 Å². The van der Waals surface area contributed by atoms with E-state index in [1.54, 1.807) is 12.5 Å². The zero-order valence-corrected chi connectivity index (χ0v) is 11.4. The molecule has 0 bridgehead atoms. The SMILES string of the molecule is CCCn1ncnc1CC(NN)c1ccnc(C)c1. The van der Waals surface area contributed by atoms with Crippen molar-refractivity contribution in [1.29, 1.82) is 0 Å². The normalized spacial score (nSPS) is 12.6. The maximum Gasteiger partial charge on any atom is 0.138 e. The molecule has 0 aliphatic carbocycles. The maximum atomic E-state index is 5.67. The predicted molar refractivity (Wildman–Crippen MR) is 73.1 cm³/mol. The van der Waals surface area contributed by atoms with Gasteiger partial charge in [0.2, 0.25) is 0 Å². The molecule has 19 heavy (non-hydrogen) atoms. The van der Waals surface area contributed by atoms with E-state index >= 15 is 0 Å². The molecular formula is C13H20N6. The van der Waals surface area contributed by atoms with Crippen LogP contribution in [0.15, 0.2) is 24.7 Å². The van der Waals surface area contributed by atoms with E-state index in [9.17, 15) is 0 Å². The fourth-order valence-corrected chi connectivity index (χ4v) is 2.08. The average Bonchev–Trinajstić information content (AvgIpc) is 2.84. The summed E-state index contributed by atoms with van der Waals surface area (Å²) in [6.45, 7) is 4.97. The molecule has 0 saturated heterocycles. The molecule has 0 aliphatic rings. The number of hydrazine groups is 1. The summed E-state index contributed by atoms with van der Waals surface area (Å²) in [4.78, 5) is 8.51. The molecule has 0 aromatic carbocycles. The highest BCUT2D eigenvalue weighted by atomic mass is 15.3. The monoisotopic (exact) mass is 260 g/mol. The van der Waals surface area contributed by atoms with Gasteiger partial charge in [-0.1, -0.05) is 6.92 Å². The van der Waals surface area contributed by atoms with Crippen molar-refractivity contribution in [3.8, 4) is 0 Å². The molecule has 2 heterocycles. The first-order chi connectivity index (χ1) is 9.24. The van der Waals surface area contributed by atoms with Crippen LogP contribution in [0.25, 0.3) is 0 Å². The van der Waals surface area contributed by atoms with E-state index in [0.29, 0.717) is 6.42 Å². The van der Waals surface area contributed by atoms with Gasteiger partial charge in [0.25, 0.3) is 0 Å². The molecule has 1 unspecified atom stereocenters. The average molecular weight is 260 g/mol. The standard InChI is InChI=1S/C13H20N6/c1-3-6-19-13(16-9-17-19)8-12(18-14)11-4-5-15-10(2)7-11/h4-5,7,9,12,18H,3,6,8,14H2,1-2H3. The Morgan fingerprint density at radius 2 is 2.26 bits per heavy atom. The second-order valence-corrected chi connectivity index (χ2v) is 4.55. The summed E-state index contributed by atoms with van der Waals surface area (Å²) >= 11 is 0. The van der Waals surface area contributed by atoms with Crippen molar-refractivity contribution in [3.05, 3.63) is 41.7 Å². The minimum Gasteiger partial charge on any atom is -0.271 e. The number of pyridine rings is 1. The van der Waals surface area contributed by atoms with Gasteiger partial charge in [0.05, 0.1) is 6.04 Å². The summed E-state index contributed by atoms with van der Waals surface area (Å²) in [5.74, 6) is 6.61. The molecule has 2 rings (SSSR count). The van der Waals surface area contributed by atoms with Crippen molar-refractivity contribution >= 4 is 0 Å². The van der Waals surface area contributed by atoms with Crippen LogP contribution < -0.4 is 11.3 Å². The number of nitrogens with one attached hydrogen (secondary N) is 1. The minimum atomic E-state index is 0.0153. The van der Waals surface area contributed by atoms with Crippen LogP contribution in [0.5, 0.6) is 0 Å². The molecule has 1 atom stereocenters. The number of hydrogen-bond acceptors (Lipinski definition) is 5. The van der Waals surface area contributed by atoms with Crippen LogP contribution in [-0.2, 0) is 13.0 Å². The largest absolute Gasteiger partial charge is 0.271 e. The van der Waals surface area contributed by atoms with Crippen LogP contribution >= 0.6 is 0 Å². The lowest BCUT2D eigenvalue weighted by Gasteiger charge is -2.16. The molecular weight excluding hydrogens is 240 g/mol. The highest BCUT2D eigenvalue weighted by molar-refractivity contribution is 5.20. The molecule has 0 amide bonds. The Kier molecular flexibility index (Phi) is 4.59. The highest BCUT2D eigenvalue weighted by Crippen LogP contribution is 2.16. The van der Waals surface area contributed by atoms with E-state index in [1.807, 2.05) is 23.7 Å². The second kappa shape index (κ2) is 6.40. The van der Waals surface area contributed by atoms with Crippen LogP contribution in [0.4, 0.5) is 0 Å². The summed E-state index contributed by atoms with van der Waals surface area (Å²) in [7, 11) is 0. The van der Waals surface area contributed by atoms with Crippen molar-refractivity contribution in [2.24, 2.45) is 5.84 Å². The van der Waals surface area contributed by atoms with Gasteiger partial charge in [-0.3, -0.25) is 20.9 Å². The Morgan fingerprint density at radius 3 is 2.95 bits per heavy atom. The van der Waals surface area contributed by atoms with Crippen LogP contribution in [0.1, 0.15) is 36.5 Å². The predicted octanol–water partition coefficient (Wildman–Crippen LogP) is 1.14. The van der Waals surface area contributed by atoms with Gasteiger partial charge in [0.15, 0.2) is 0 Å². The third-order valence-electron chi connectivity index (χ3n) is 3.04. The maximum absolute atomic E-state index is 5.67. The Hall–Kier alpha value is -1.79. The van der Waals surface area contributed by atoms with Crippen LogP contribution in [0, 0.1) is 6.92 Å². The number of nitrogens with zero attached hydrogens (tertiary/aromatic N) is 4. The lowest BCUT2D eigenvalue weighted by Crippen LogP contribution is -2.30. The van der Waals surface area contributed by atoms with E-state index in [-0.39, 0.29) is 6.04 Å². The summed E-state index contributed by atoms with van der Waals surface area (Å²) in [6, 6.07) is 4.02. The Morgan fingerprint density at radius 1 is 1.42 bits per heavy atom. The van der Waals surface area contributed by atoms with Crippen molar-refractivity contribution in [1.82, 2.24) is 25.2 Å². The Balaban J connectivity index is 2.17. The van der Waals surface area contributed by atoms with Gasteiger partial charge >= 0.3 is 0 Å². The van der Waals surface area contributed by atoms with Crippen LogP contribution in [-0.4, -0.2) is 19.7 Å². The van der Waals surface area contributed by atoms with Crippen molar-refractivity contribution in [2.75, 3.05) is 0 Å². The number of rotatable bonds is 6. The van der Waals surface area contributed by atoms with E-state index in [4.69, 9.17) is 5.84 Å². The first-order valence-corrected chi connectivity index (χ1v) is 6.50. The molecule has 3 N–H and O–H groups in total. The molecule has 0 aliphatic heterocycles. The Bertz CT molecular complexity index is 521. The quantitative estimate of drug-likeness (QED) is 0.601. The van der Waals surface area contributed by atoms with E-state index < -0.39 is 0 Å². The summed E-state index contributed by atoms with van der Waals surface area (Å²) in [5, 5.41) is 4.23. The van der Waals surface area contributed by atoms with Crippen molar-refractivity contribution in [3.63, 3.8) is 0 Å².